The molecule has 732 valence electrons. The van der Waals surface area contributed by atoms with E-state index in [1.807, 2.05) is 169 Å². The summed E-state index contributed by atoms with van der Waals surface area (Å²) >= 11 is 0. The molecule has 0 saturated heterocycles. The van der Waals surface area contributed by atoms with Crippen molar-refractivity contribution in [3.63, 3.8) is 0 Å². The first-order chi connectivity index (χ1) is 71.4. The fourth-order valence-corrected chi connectivity index (χ4v) is 19.8. The molecule has 0 aliphatic heterocycles. The SMILES string of the molecule is CCc1ccc2c(-c3cnc(-c4[c-]c(Oc5[c-]c6c(cc5)c5ccccc5n6-c5cc(C)ccn5)cc5cc(CC)ccc45)cn3)[c-]c(Oc3[c-]c4c(cc3)c3ccccc3n4-c3cc(C)ccn3)cc2c1.Cc1ccnc(-n2c3[c-]c(Oc4[c-]c(-c5cnc(-c6[c-]c(Oc7[c-]c8c(cc7)c7ccccc7n8-c7cc(C)ccn7)cc7cc([N+](=O)[O-])ccc67)cn5)c5ccc([N+](=O)[O-])cc5c4)ccc3c3ccccc32)c1.[Pt+2].[Pt+2].[Pt+2].[Pt+2]. The van der Waals surface area contributed by atoms with E-state index in [1.54, 1.807) is 49.1 Å². The van der Waals surface area contributed by atoms with Gasteiger partial charge in [0.1, 0.15) is 23.3 Å². The molecule has 26 rings (SSSR count). The summed E-state index contributed by atoms with van der Waals surface area (Å²) in [5.41, 5.74) is 18.5. The van der Waals surface area contributed by atoms with E-state index in [-0.39, 0.29) is 107 Å². The number of aromatic nitrogens is 12. The predicted octanol–water partition coefficient (Wildman–Crippen LogP) is 29.9. The van der Waals surface area contributed by atoms with Crippen LogP contribution in [0.5, 0.6) is 46.0 Å². The number of aryl methyl sites for hydroxylation is 6. The van der Waals surface area contributed by atoms with Crippen LogP contribution in [0, 0.1) is 96.5 Å². The van der Waals surface area contributed by atoms with Gasteiger partial charge in [0, 0.05) is 165 Å². The number of pyridine rings is 4. The van der Waals surface area contributed by atoms with Crippen LogP contribution >= 0.6 is 0 Å². The Balaban J connectivity index is 0.000000171. The molecule has 0 radical (unpaired) electrons. The molecule has 0 saturated carbocycles. The Morgan fingerprint density at radius 1 is 0.253 bits per heavy atom. The summed E-state index contributed by atoms with van der Waals surface area (Å²) in [6.45, 7) is 12.5. The number of nitrogens with zero attached hydrogens (tertiary/aromatic N) is 14. The molecule has 26 aromatic rings. The molecule has 0 spiro atoms. The van der Waals surface area contributed by atoms with E-state index in [0.29, 0.717) is 89.9 Å². The van der Waals surface area contributed by atoms with Crippen LogP contribution in [0.3, 0.4) is 0 Å². The standard InChI is InChI=1S/C64H44N6O2.C60H34N8O6.4Pt/c1-5-41-15-19-49-43(29-41)31-47(71-45-17-21-53-51-11-7-9-13-59(51)69(61(53)35-45)63-27-39(3)23-25-65-63)33-55(49)57-37-68-58(38-67-57)56-34-48(32-44-30-42(6-2)16-20-50(44)56)72-46-18-22-54-52-12-8-10-14-60(52)70(62(54)36-46)64-28-40(4)24-26-66-64;1-35-19-21-61-59(23-35)65-55-9-5-3-7-47(55)49-17-13-41(31-57(49)65)73-43-27-37-25-39(67(69)70)11-15-45(37)51(29-43)53-33-64-54(34-63-53)52-30-44(28-38-26-40(68(71)72)12-16-46(38)52)74-42-14-18-50-48-8-4-6-10-56(48)66(58(50)32-42)60-24-36(2)20-22-62-60;;;;/h7-32,37-38H,5-6H2,1-4H3;3-28,33-34H,1-2H3;;;;/q2*-4;4*+2. The molecule has 0 amide bonds. The molecular weight excluding hydrogens is 2590 g/mol. The molecule has 22 nitrogen and oxygen atoms in total. The Morgan fingerprint density at radius 2 is 0.493 bits per heavy atom. The van der Waals surface area contributed by atoms with Crippen LogP contribution in [-0.2, 0) is 97.1 Å². The van der Waals surface area contributed by atoms with Gasteiger partial charge in [0.05, 0.1) is 9.85 Å². The quantitative estimate of drug-likeness (QED) is 0.0391. The second kappa shape index (κ2) is 41.2. The van der Waals surface area contributed by atoms with Gasteiger partial charge in [-0.1, -0.05) is 260 Å². The monoisotopic (exact) mass is 2670 g/mol. The van der Waals surface area contributed by atoms with Gasteiger partial charge >= 0.3 is 84.3 Å². The summed E-state index contributed by atoms with van der Waals surface area (Å²) in [7, 11) is 0. The van der Waals surface area contributed by atoms with Crippen LogP contribution in [0.25, 0.3) is 199 Å². The van der Waals surface area contributed by atoms with Crippen LogP contribution < -0.4 is 18.9 Å². The molecule has 0 aliphatic rings. The summed E-state index contributed by atoms with van der Waals surface area (Å²) < 4.78 is 34.9. The van der Waals surface area contributed by atoms with Gasteiger partial charge in [-0.05, 0) is 157 Å². The number of ether oxygens (including phenoxy) is 4. The summed E-state index contributed by atoms with van der Waals surface area (Å²) in [5, 5.41) is 38.7. The Kier molecular flexibility index (Phi) is 27.2. The zero-order chi connectivity index (χ0) is 98.6. The van der Waals surface area contributed by atoms with Gasteiger partial charge in [-0.15, -0.1) is 92.3 Å². The van der Waals surface area contributed by atoms with Gasteiger partial charge < -0.3 is 57.2 Å². The molecule has 26 heteroatoms. The maximum atomic E-state index is 12.0. The maximum absolute atomic E-state index is 12.0. The van der Waals surface area contributed by atoms with Gasteiger partial charge in [-0.25, -0.2) is 19.9 Å². The molecule has 16 aromatic carbocycles. The van der Waals surface area contributed by atoms with Gasteiger partial charge in [0.25, 0.3) is 11.4 Å². The van der Waals surface area contributed by atoms with Crippen LogP contribution in [0.1, 0.15) is 47.2 Å². The number of nitro groups is 2. The first-order valence-electron chi connectivity index (χ1n) is 47.6. The molecule has 0 N–H and O–H groups in total. The molecule has 10 heterocycles. The van der Waals surface area contributed by atoms with Crippen molar-refractivity contribution in [3.8, 4) is 114 Å². The number of rotatable bonds is 20. The van der Waals surface area contributed by atoms with Crippen molar-refractivity contribution >= 4 is 142 Å². The minimum Gasteiger partial charge on any atom is -0.503 e. The third kappa shape index (κ3) is 18.5. The van der Waals surface area contributed by atoms with Crippen molar-refractivity contribution in [1.29, 1.82) is 0 Å². The number of para-hydroxylation sites is 4. The first kappa shape index (κ1) is 99.3. The predicted molar refractivity (Wildman–Crippen MR) is 572 cm³/mol. The van der Waals surface area contributed by atoms with Crippen LogP contribution in [0.2, 0.25) is 0 Å². The normalized spacial score (nSPS) is 11.3. The Morgan fingerprint density at radius 3 is 0.733 bits per heavy atom. The zero-order valence-corrected chi connectivity index (χ0v) is 89.6. The molecule has 0 bridgehead atoms. The summed E-state index contributed by atoms with van der Waals surface area (Å²) in [6, 6.07) is 122. The van der Waals surface area contributed by atoms with Gasteiger partial charge in [-0.3, -0.25) is 20.2 Å². The van der Waals surface area contributed by atoms with E-state index in [2.05, 4.69) is 217 Å². The van der Waals surface area contributed by atoms with Gasteiger partial charge in [0.2, 0.25) is 0 Å². The van der Waals surface area contributed by atoms with Crippen molar-refractivity contribution in [2.45, 2.75) is 54.4 Å². The third-order valence-corrected chi connectivity index (χ3v) is 26.7. The van der Waals surface area contributed by atoms with Crippen LogP contribution in [-0.4, -0.2) is 68.0 Å². The molecular formula is C124H78N14O8Pt4. The van der Waals surface area contributed by atoms with Crippen LogP contribution in [0.4, 0.5) is 11.4 Å². The molecule has 0 unspecified atom stereocenters. The zero-order valence-electron chi connectivity index (χ0n) is 80.5. The molecule has 0 atom stereocenters. The minimum atomic E-state index is -0.447. The maximum Gasteiger partial charge on any atom is 2.00 e. The van der Waals surface area contributed by atoms with Crippen LogP contribution in [0.15, 0.2) is 341 Å². The molecule has 0 fully saturated rings. The van der Waals surface area contributed by atoms with E-state index in [4.69, 9.17) is 48.9 Å². The Bertz CT molecular complexity index is 9370. The molecule has 150 heavy (non-hydrogen) atoms. The smallest absolute Gasteiger partial charge is 0.503 e. The largest absolute Gasteiger partial charge is 2.00 e. The van der Waals surface area contributed by atoms with Gasteiger partial charge in [-0.2, -0.15) is 24.3 Å². The number of benzene rings is 16. The molecule has 0 aliphatic carbocycles. The van der Waals surface area contributed by atoms with E-state index >= 15 is 0 Å². The fourth-order valence-electron chi connectivity index (χ4n) is 19.8. The third-order valence-electron chi connectivity index (χ3n) is 26.7. The van der Waals surface area contributed by atoms with E-state index < -0.39 is 9.85 Å². The van der Waals surface area contributed by atoms with E-state index in [0.717, 1.165) is 178 Å². The van der Waals surface area contributed by atoms with E-state index in [9.17, 15) is 20.2 Å². The second-order valence-corrected chi connectivity index (χ2v) is 36.1. The van der Waals surface area contributed by atoms with Crippen molar-refractivity contribution in [2.24, 2.45) is 0 Å². The Hall–Kier alpha value is -16.7. The minimum absolute atomic E-state index is 0. The van der Waals surface area contributed by atoms with Crippen molar-refractivity contribution in [2.75, 3.05) is 0 Å². The summed E-state index contributed by atoms with van der Waals surface area (Å²) in [4.78, 5) is 62.0. The topological polar surface area (TPSA) is 246 Å². The van der Waals surface area contributed by atoms with Crippen molar-refractivity contribution in [3.05, 3.63) is 443 Å². The number of fused-ring (bicyclic) bond motifs is 16. The second-order valence-electron chi connectivity index (χ2n) is 36.1. The van der Waals surface area contributed by atoms with Crippen molar-refractivity contribution < 1.29 is 113 Å². The fraction of sp³-hybridized carbons (Fsp3) is 0.0645. The van der Waals surface area contributed by atoms with Crippen molar-refractivity contribution in [1.82, 2.24) is 58.1 Å². The average molecular weight is 2670 g/mol. The number of hydrogen-bond donors (Lipinski definition) is 0. The number of nitro benzene ring substituents is 2. The summed E-state index contributed by atoms with van der Waals surface area (Å²) in [5.74, 6) is 6.64. The average Bonchev–Trinajstić information content (AvgIpc) is 1.59. The van der Waals surface area contributed by atoms with E-state index in [1.165, 1.54) is 35.4 Å². The number of non-ortho nitro benzene ring substituents is 2. The Labute approximate surface area is 916 Å². The summed E-state index contributed by atoms with van der Waals surface area (Å²) in [6.07, 6.45) is 15.8. The van der Waals surface area contributed by atoms with Gasteiger partial charge in [0.15, 0.2) is 0 Å². The number of hydrogen-bond acceptors (Lipinski definition) is 16. The first-order valence-corrected chi connectivity index (χ1v) is 47.6. The molecule has 10 aromatic heterocycles.